The second kappa shape index (κ2) is 17.2. The summed E-state index contributed by atoms with van der Waals surface area (Å²) in [7, 11) is 0. The average Bonchev–Trinajstić information content (AvgIpc) is 4.03. The van der Waals surface area contributed by atoms with Crippen LogP contribution in [0.15, 0.2) is 83.6 Å². The molecule has 3 N–H and O–H groups in total. The van der Waals surface area contributed by atoms with Crippen LogP contribution in [0.4, 0.5) is 16.2 Å². The van der Waals surface area contributed by atoms with Crippen molar-refractivity contribution in [3.63, 3.8) is 0 Å². The molecular formula is C51H58N10O4. The Kier molecular flexibility index (Phi) is 11.2. The summed E-state index contributed by atoms with van der Waals surface area (Å²) in [5.74, 6) is 1.11. The van der Waals surface area contributed by atoms with Crippen LogP contribution in [0.1, 0.15) is 118 Å². The number of hydrogen-bond acceptors (Lipinski definition) is 10. The number of H-pyrrole nitrogens is 1. The van der Waals surface area contributed by atoms with Crippen molar-refractivity contribution < 1.29 is 18.9 Å². The van der Waals surface area contributed by atoms with Gasteiger partial charge in [0.05, 0.1) is 11.7 Å². The number of amides is 4. The zero-order valence-corrected chi connectivity index (χ0v) is 37.9. The molecule has 4 aliphatic heterocycles. The highest BCUT2D eigenvalue weighted by atomic mass is 16.5. The fourth-order valence-corrected chi connectivity index (χ4v) is 10.7. The number of aromatic amines is 1. The summed E-state index contributed by atoms with van der Waals surface area (Å²) in [5, 5.41) is 10.4. The van der Waals surface area contributed by atoms with Crippen molar-refractivity contribution in [3.05, 3.63) is 108 Å². The van der Waals surface area contributed by atoms with Crippen LogP contribution >= 0.6 is 0 Å². The average molecular weight is 875 g/mol. The molecule has 3 aromatic heterocycles. The Balaban J connectivity index is 0.743. The number of imide groups is 1. The van der Waals surface area contributed by atoms with Gasteiger partial charge < -0.3 is 19.7 Å². The van der Waals surface area contributed by atoms with E-state index in [0.717, 1.165) is 63.5 Å². The first-order valence-electron chi connectivity index (χ1n) is 23.3. The molecule has 3 atom stereocenters. The molecule has 3 aromatic carbocycles. The molecule has 4 aliphatic rings. The molecule has 2 unspecified atom stereocenters. The predicted molar refractivity (Wildman–Crippen MR) is 251 cm³/mol. The predicted octanol–water partition coefficient (Wildman–Crippen LogP) is 8.85. The van der Waals surface area contributed by atoms with E-state index in [4.69, 9.17) is 9.51 Å². The van der Waals surface area contributed by atoms with E-state index < -0.39 is 5.91 Å². The maximum absolute atomic E-state index is 13.0. The molecule has 336 valence electrons. The zero-order chi connectivity index (χ0) is 45.0. The fourth-order valence-electron chi connectivity index (χ4n) is 10.7. The molecule has 65 heavy (non-hydrogen) atoms. The molecule has 4 fully saturated rings. The highest BCUT2D eigenvalue weighted by Gasteiger charge is 2.42. The van der Waals surface area contributed by atoms with Gasteiger partial charge in [-0.1, -0.05) is 62.3 Å². The minimum absolute atomic E-state index is 0.0414. The largest absolute Gasteiger partial charge is 0.372 e. The summed E-state index contributed by atoms with van der Waals surface area (Å²) >= 11 is 0. The lowest BCUT2D eigenvalue weighted by Gasteiger charge is -2.43. The number of nitrogens with one attached hydrogen (secondary N) is 3. The van der Waals surface area contributed by atoms with E-state index in [1.54, 1.807) is 11.2 Å². The maximum Gasteiger partial charge on any atom is 0.328 e. The second-order valence-electron chi connectivity index (χ2n) is 19.7. The third kappa shape index (κ3) is 8.63. The minimum Gasteiger partial charge on any atom is -0.372 e. The van der Waals surface area contributed by atoms with Crippen LogP contribution in [0.2, 0.25) is 0 Å². The number of fused-ring (bicyclic) bond motifs is 3. The van der Waals surface area contributed by atoms with Crippen LogP contribution in [0, 0.1) is 12.8 Å². The lowest BCUT2D eigenvalue weighted by Crippen LogP contribution is -2.49. The topological polar surface area (TPSA) is 165 Å². The number of benzene rings is 3. The monoisotopic (exact) mass is 874 g/mol. The van der Waals surface area contributed by atoms with E-state index in [1.807, 2.05) is 58.9 Å². The zero-order valence-electron chi connectivity index (χ0n) is 37.9. The maximum atomic E-state index is 13.0. The summed E-state index contributed by atoms with van der Waals surface area (Å²) in [4.78, 5) is 61.0. The van der Waals surface area contributed by atoms with Gasteiger partial charge in [0, 0.05) is 78.1 Å². The van der Waals surface area contributed by atoms with Crippen molar-refractivity contribution >= 4 is 40.3 Å². The Morgan fingerprint density at radius 2 is 1.58 bits per heavy atom. The van der Waals surface area contributed by atoms with Crippen molar-refractivity contribution in [2.24, 2.45) is 5.92 Å². The number of carbonyl (C=O) groups excluding carboxylic acids is 3. The molecule has 0 spiro atoms. The molecule has 0 radical (unpaired) electrons. The smallest absolute Gasteiger partial charge is 0.328 e. The third-order valence-electron chi connectivity index (χ3n) is 14.3. The molecule has 6 aromatic rings. The van der Waals surface area contributed by atoms with Crippen LogP contribution in [-0.4, -0.2) is 86.1 Å². The lowest BCUT2D eigenvalue weighted by atomic mass is 9.83. The molecule has 0 aliphatic carbocycles. The van der Waals surface area contributed by atoms with E-state index in [2.05, 4.69) is 89.1 Å². The molecule has 7 heterocycles. The van der Waals surface area contributed by atoms with E-state index in [0.29, 0.717) is 42.7 Å². The lowest BCUT2D eigenvalue weighted by molar-refractivity contribution is -0.120. The van der Waals surface area contributed by atoms with Crippen molar-refractivity contribution in [1.82, 2.24) is 40.6 Å². The van der Waals surface area contributed by atoms with Crippen LogP contribution in [0.3, 0.4) is 0 Å². The van der Waals surface area contributed by atoms with Gasteiger partial charge in [0.1, 0.15) is 12.0 Å². The van der Waals surface area contributed by atoms with Crippen LogP contribution < -0.4 is 20.4 Å². The van der Waals surface area contributed by atoms with Gasteiger partial charge in [-0.3, -0.25) is 24.7 Å². The first-order chi connectivity index (χ1) is 31.3. The number of hydrogen-bond donors (Lipinski definition) is 3. The van der Waals surface area contributed by atoms with Gasteiger partial charge in [0.15, 0.2) is 5.82 Å². The summed E-state index contributed by atoms with van der Waals surface area (Å²) in [6.07, 6.45) is 9.35. The standard InChI is InChI=1S/C51H58N10O4/c1-30-24-35(10-17-41(30)31(2)54-47(63)48-57-49(58-65-48)51(3,4)5)45-42-27-43(55-46(42)53-29-52-45)34-8-6-33(7-9-34)36-25-39-15-16-40(26-36)61(39)28-32-18-21-59(22-19-32)37-11-13-38(14-12-37)60-23-20-44(62)56-50(60)64/h6-14,17,24,27,29,31-32,36,39-40H,15-16,18-23,25-26,28H2,1-5H3,(H,54,63)(H,52,53,55)(H,56,62,64)/t31-,36?,39?,40?/m1/s1. The van der Waals surface area contributed by atoms with Crippen molar-refractivity contribution in [2.75, 3.05) is 36.0 Å². The van der Waals surface area contributed by atoms with E-state index in [-0.39, 0.29) is 29.3 Å². The molecule has 4 amide bonds. The first kappa shape index (κ1) is 42.5. The number of aryl methyl sites for hydroxylation is 1. The molecule has 14 nitrogen and oxygen atoms in total. The molecule has 0 saturated carbocycles. The Labute approximate surface area is 379 Å². The normalized spacial score (nSPS) is 21.2. The fraction of sp³-hybridized carbons (Fsp3) is 0.431. The van der Waals surface area contributed by atoms with Crippen molar-refractivity contribution in [2.45, 2.75) is 109 Å². The minimum atomic E-state index is -0.401. The summed E-state index contributed by atoms with van der Waals surface area (Å²) < 4.78 is 5.26. The third-order valence-corrected chi connectivity index (χ3v) is 14.3. The van der Waals surface area contributed by atoms with Crippen molar-refractivity contribution in [1.29, 1.82) is 0 Å². The van der Waals surface area contributed by atoms with Crippen LogP contribution in [0.25, 0.3) is 33.5 Å². The summed E-state index contributed by atoms with van der Waals surface area (Å²) in [6, 6.07) is 26.4. The first-order valence-corrected chi connectivity index (χ1v) is 23.3. The number of anilines is 2. The molecular weight excluding hydrogens is 817 g/mol. The molecule has 10 rings (SSSR count). The summed E-state index contributed by atoms with van der Waals surface area (Å²) in [5.41, 5.74) is 9.91. The number of nitrogens with zero attached hydrogens (tertiary/aromatic N) is 7. The molecule has 14 heteroatoms. The number of aromatic nitrogens is 5. The summed E-state index contributed by atoms with van der Waals surface area (Å²) in [6.45, 7) is 13.6. The highest BCUT2D eigenvalue weighted by Crippen LogP contribution is 2.44. The van der Waals surface area contributed by atoms with Crippen LogP contribution in [-0.2, 0) is 10.2 Å². The highest BCUT2D eigenvalue weighted by molar-refractivity contribution is 6.05. The Bertz CT molecular complexity index is 2720. The van der Waals surface area contributed by atoms with Gasteiger partial charge in [-0.25, -0.2) is 14.8 Å². The van der Waals surface area contributed by atoms with E-state index in [1.165, 1.54) is 56.3 Å². The van der Waals surface area contributed by atoms with Crippen molar-refractivity contribution in [3.8, 4) is 22.5 Å². The van der Waals surface area contributed by atoms with Gasteiger partial charge in [0.2, 0.25) is 5.91 Å². The SMILES string of the molecule is Cc1cc(-c2ncnc3[nH]c(-c4ccc(C5CC6CCC(C5)N6CC5CCN(c6ccc(N7CCC(=O)NC7=O)cc6)CC5)cc4)cc23)ccc1[C@@H](C)NC(=O)c1nc(C(C)(C)C)no1. The van der Waals surface area contributed by atoms with Gasteiger partial charge in [-0.05, 0) is 123 Å². The number of urea groups is 1. The van der Waals surface area contributed by atoms with Gasteiger partial charge in [-0.2, -0.15) is 4.98 Å². The molecule has 2 bridgehead atoms. The van der Waals surface area contributed by atoms with E-state index >= 15 is 0 Å². The van der Waals surface area contributed by atoms with E-state index in [9.17, 15) is 14.4 Å². The second-order valence-corrected chi connectivity index (χ2v) is 19.7. The quantitative estimate of drug-likeness (QED) is 0.121. The van der Waals surface area contributed by atoms with Gasteiger partial charge in [-0.15, -0.1) is 0 Å². The molecule has 4 saturated heterocycles. The number of piperidine rings is 2. The Morgan fingerprint density at radius 1 is 0.877 bits per heavy atom. The Morgan fingerprint density at radius 3 is 2.26 bits per heavy atom. The van der Waals surface area contributed by atoms with Gasteiger partial charge >= 0.3 is 17.8 Å². The van der Waals surface area contributed by atoms with Crippen LogP contribution in [0.5, 0.6) is 0 Å². The van der Waals surface area contributed by atoms with Gasteiger partial charge in [0.25, 0.3) is 0 Å². The number of carbonyl (C=O) groups is 3. The number of rotatable bonds is 10. The Hall–Kier alpha value is -6.41.